The predicted molar refractivity (Wildman–Crippen MR) is 211 cm³/mol. The molecule has 0 radical (unpaired) electrons. The molecule has 2 aliphatic carbocycles. The minimum Gasteiger partial charge on any atom is -0.356 e. The molecule has 0 saturated heterocycles. The van der Waals surface area contributed by atoms with Gasteiger partial charge in [0.2, 0.25) is 0 Å². The van der Waals surface area contributed by atoms with E-state index in [1.807, 2.05) is 52.0 Å². The fourth-order valence-electron chi connectivity index (χ4n) is 6.93. The third-order valence-electron chi connectivity index (χ3n) is 10.9. The van der Waals surface area contributed by atoms with Crippen molar-refractivity contribution in [2.45, 2.75) is 95.8 Å². The molecule has 2 aliphatic heterocycles. The van der Waals surface area contributed by atoms with Crippen molar-refractivity contribution in [1.29, 1.82) is 0 Å². The monoisotopic (exact) mass is 824 g/mol. The molecular weight excluding hydrogens is 785 g/mol. The van der Waals surface area contributed by atoms with Crippen molar-refractivity contribution in [2.75, 3.05) is 10.6 Å². The van der Waals surface area contributed by atoms with Crippen LogP contribution in [0.2, 0.25) is 10.0 Å². The highest BCUT2D eigenvalue weighted by Gasteiger charge is 2.63. The standard InChI is InChI=1S/C23H21ClF3NO.C22H19ClF3NO/c1-13-4-8-18(15(3)14(13)2)21-28-20-9-7-17(24)12-19(20)22(29-21,23(25,26)27)11-10-16-5-6-16;1-14-3-7-16(8-4-14)20(2)27-19-10-9-17(23)13-18(19)21(28-20,22(24,25)26)12-11-15-5-6-15/h4,7-9,12,16,21,28H,5-6H2,1-3H3;3-4,7-10,13,15,27H,5-6H2,1-2H3. The molecule has 0 spiro atoms. The molecule has 4 nitrogen and oxygen atoms in total. The molecule has 298 valence electrons. The Morgan fingerprint density at radius 1 is 0.667 bits per heavy atom. The Morgan fingerprint density at radius 2 is 1.19 bits per heavy atom. The summed E-state index contributed by atoms with van der Waals surface area (Å²) in [5.41, 5.74) is -1.24. The zero-order valence-electron chi connectivity index (χ0n) is 31.8. The van der Waals surface area contributed by atoms with Crippen LogP contribution in [0.1, 0.15) is 83.3 Å². The predicted octanol–water partition coefficient (Wildman–Crippen LogP) is 12.7. The van der Waals surface area contributed by atoms with Crippen LogP contribution in [-0.4, -0.2) is 12.4 Å². The van der Waals surface area contributed by atoms with Crippen molar-refractivity contribution < 1.29 is 35.8 Å². The van der Waals surface area contributed by atoms with Crippen LogP contribution in [0.25, 0.3) is 0 Å². The van der Waals surface area contributed by atoms with Gasteiger partial charge in [-0.25, -0.2) is 0 Å². The maximum absolute atomic E-state index is 14.5. The highest BCUT2D eigenvalue weighted by molar-refractivity contribution is 6.31. The summed E-state index contributed by atoms with van der Waals surface area (Å²) in [6.07, 6.45) is -7.20. The summed E-state index contributed by atoms with van der Waals surface area (Å²) in [4.78, 5) is 0. The van der Waals surface area contributed by atoms with E-state index in [1.54, 1.807) is 43.3 Å². The minimum atomic E-state index is -4.75. The van der Waals surface area contributed by atoms with Crippen molar-refractivity contribution in [1.82, 2.24) is 0 Å². The van der Waals surface area contributed by atoms with Gasteiger partial charge in [0.1, 0.15) is 0 Å². The van der Waals surface area contributed by atoms with Crippen LogP contribution < -0.4 is 10.6 Å². The summed E-state index contributed by atoms with van der Waals surface area (Å²) in [7, 11) is 0. The molecule has 4 aliphatic rings. The molecule has 2 N–H and O–H groups in total. The summed E-state index contributed by atoms with van der Waals surface area (Å²) in [6.45, 7) is 9.33. The van der Waals surface area contributed by atoms with Crippen LogP contribution in [0.4, 0.5) is 37.7 Å². The van der Waals surface area contributed by atoms with E-state index in [-0.39, 0.29) is 33.0 Å². The number of hydrogen-bond donors (Lipinski definition) is 2. The van der Waals surface area contributed by atoms with E-state index in [0.717, 1.165) is 47.9 Å². The van der Waals surface area contributed by atoms with Gasteiger partial charge < -0.3 is 20.1 Å². The van der Waals surface area contributed by atoms with Crippen LogP contribution in [0.3, 0.4) is 0 Å². The summed E-state index contributed by atoms with van der Waals surface area (Å²) < 4.78 is 98.7. The van der Waals surface area contributed by atoms with Crippen LogP contribution in [-0.2, 0) is 26.4 Å². The van der Waals surface area contributed by atoms with Gasteiger partial charge in [-0.05, 0) is 113 Å². The van der Waals surface area contributed by atoms with Crippen LogP contribution >= 0.6 is 23.2 Å². The lowest BCUT2D eigenvalue weighted by Crippen LogP contribution is -2.55. The van der Waals surface area contributed by atoms with Gasteiger partial charge in [0.25, 0.3) is 11.2 Å². The molecule has 57 heavy (non-hydrogen) atoms. The van der Waals surface area contributed by atoms with Crippen LogP contribution in [0, 0.1) is 63.2 Å². The van der Waals surface area contributed by atoms with Gasteiger partial charge in [-0.2, -0.15) is 26.3 Å². The Labute approximate surface area is 338 Å². The number of benzene rings is 4. The molecule has 4 atom stereocenters. The molecule has 2 saturated carbocycles. The van der Waals surface area contributed by atoms with Gasteiger partial charge in [-0.1, -0.05) is 88.8 Å². The lowest BCUT2D eigenvalue weighted by atomic mass is 9.86. The second kappa shape index (κ2) is 14.8. The highest BCUT2D eigenvalue weighted by Crippen LogP contribution is 2.54. The minimum absolute atomic E-state index is 0.00264. The van der Waals surface area contributed by atoms with Gasteiger partial charge >= 0.3 is 12.4 Å². The van der Waals surface area contributed by atoms with Crippen molar-refractivity contribution in [3.05, 3.63) is 127 Å². The smallest absolute Gasteiger partial charge is 0.356 e. The Hall–Kier alpha value is -4.32. The number of halogens is 8. The largest absolute Gasteiger partial charge is 0.433 e. The molecule has 2 fully saturated rings. The van der Waals surface area contributed by atoms with E-state index in [9.17, 15) is 26.3 Å². The molecular formula is C45H40Cl2F6N2O2. The van der Waals surface area contributed by atoms with Crippen molar-refractivity contribution in [3.63, 3.8) is 0 Å². The van der Waals surface area contributed by atoms with Gasteiger partial charge in [0, 0.05) is 55.5 Å². The zero-order valence-corrected chi connectivity index (χ0v) is 33.3. The molecule has 12 heteroatoms. The van der Waals surface area contributed by atoms with Crippen LogP contribution in [0.15, 0.2) is 72.8 Å². The van der Waals surface area contributed by atoms with E-state index >= 15 is 0 Å². The first-order chi connectivity index (χ1) is 26.7. The second-order valence-electron chi connectivity index (χ2n) is 15.3. The SMILES string of the molecule is Cc1ccc(C2(C)Nc3ccc(Cl)cc3C(C#CC3CC3)(C(F)(F)F)O2)cc1.Cc1ccc(C2Nc3ccc(Cl)cc3C(C#CC3CC3)(C(F)(F)F)O2)c(C)c1C. The molecule has 0 aromatic heterocycles. The number of alkyl halides is 6. The fourth-order valence-corrected chi connectivity index (χ4v) is 7.28. The number of hydrogen-bond acceptors (Lipinski definition) is 4. The summed E-state index contributed by atoms with van der Waals surface area (Å²) >= 11 is 12.1. The second-order valence-corrected chi connectivity index (χ2v) is 16.2. The van der Waals surface area contributed by atoms with Gasteiger partial charge in [-0.3, -0.25) is 0 Å². The summed E-state index contributed by atoms with van der Waals surface area (Å²) in [5.74, 6) is 10.5. The molecule has 4 aromatic carbocycles. The Kier molecular flexibility index (Phi) is 10.6. The first-order valence-corrected chi connectivity index (χ1v) is 19.4. The maximum Gasteiger partial charge on any atom is 0.433 e. The molecule has 0 bridgehead atoms. The zero-order chi connectivity index (χ0) is 41.1. The number of fused-ring (bicyclic) bond motifs is 2. The first kappa shape index (κ1) is 40.9. The average Bonchev–Trinajstić information content (AvgIpc) is 4.08. The average molecular weight is 826 g/mol. The van der Waals surface area contributed by atoms with E-state index in [2.05, 4.69) is 34.3 Å². The number of anilines is 2. The van der Waals surface area contributed by atoms with Crippen LogP contribution in [0.5, 0.6) is 0 Å². The van der Waals surface area contributed by atoms with Crippen molar-refractivity contribution in [2.24, 2.45) is 11.8 Å². The summed E-state index contributed by atoms with van der Waals surface area (Å²) in [6, 6.07) is 19.7. The van der Waals surface area contributed by atoms with E-state index in [4.69, 9.17) is 32.7 Å². The van der Waals surface area contributed by atoms with E-state index in [1.165, 1.54) is 12.1 Å². The quantitative estimate of drug-likeness (QED) is 0.156. The third kappa shape index (κ3) is 7.95. The summed E-state index contributed by atoms with van der Waals surface area (Å²) in [5, 5.41) is 6.63. The highest BCUT2D eigenvalue weighted by atomic mass is 35.5. The van der Waals surface area contributed by atoms with Gasteiger partial charge in [0.15, 0.2) is 12.0 Å². The Balaban J connectivity index is 0.000000174. The first-order valence-electron chi connectivity index (χ1n) is 18.6. The fraction of sp³-hybridized carbons (Fsp3) is 0.378. The molecule has 4 aromatic rings. The van der Waals surface area contributed by atoms with E-state index in [0.29, 0.717) is 22.5 Å². The molecule has 2 heterocycles. The number of ether oxygens (including phenoxy) is 2. The molecule has 4 unspecified atom stereocenters. The normalized spacial score (nSPS) is 25.1. The lowest BCUT2D eigenvalue weighted by Gasteiger charge is -2.47. The maximum atomic E-state index is 14.5. The Morgan fingerprint density at radius 3 is 1.74 bits per heavy atom. The number of rotatable bonds is 2. The topological polar surface area (TPSA) is 42.5 Å². The van der Waals surface area contributed by atoms with Gasteiger partial charge in [-0.15, -0.1) is 0 Å². The van der Waals surface area contributed by atoms with Crippen molar-refractivity contribution >= 4 is 34.6 Å². The molecule has 8 rings (SSSR count). The van der Waals surface area contributed by atoms with Crippen molar-refractivity contribution in [3.8, 4) is 23.7 Å². The number of aryl methyl sites for hydroxylation is 2. The van der Waals surface area contributed by atoms with E-state index < -0.39 is 35.5 Å². The molecule has 0 amide bonds. The third-order valence-corrected chi connectivity index (χ3v) is 11.3. The Bertz CT molecular complexity index is 2330. The van der Waals surface area contributed by atoms with Gasteiger partial charge in [0.05, 0.1) is 0 Å². The number of nitrogens with one attached hydrogen (secondary N) is 2. The lowest BCUT2D eigenvalue weighted by molar-refractivity contribution is -0.292.